The van der Waals surface area contributed by atoms with Gasteiger partial charge in [-0.3, -0.25) is 19.2 Å². The zero-order chi connectivity index (χ0) is 36.8. The van der Waals surface area contributed by atoms with E-state index >= 15 is 0 Å². The van der Waals surface area contributed by atoms with Crippen molar-refractivity contribution >= 4 is 41.4 Å². The maximum absolute atomic E-state index is 13.9. The van der Waals surface area contributed by atoms with Crippen LogP contribution in [0.4, 0.5) is 0 Å². The van der Waals surface area contributed by atoms with E-state index in [1.165, 1.54) is 61.5 Å². The average Bonchev–Trinajstić information content (AvgIpc) is 3.92. The normalized spacial score (nSPS) is 14.0. The van der Waals surface area contributed by atoms with E-state index in [2.05, 4.69) is 51.2 Å². The Labute approximate surface area is 296 Å². The molecular weight excluding hydrogens is 682 g/mol. The van der Waals surface area contributed by atoms with E-state index in [1.54, 1.807) is 12.1 Å². The first-order valence-electron chi connectivity index (χ1n) is 15.9. The van der Waals surface area contributed by atoms with Gasteiger partial charge in [0.05, 0.1) is 25.0 Å². The number of carboxylic acid groups (broad SMARTS) is 1. The van der Waals surface area contributed by atoms with Crippen LogP contribution in [0.25, 0.3) is 0 Å². The number of hydrogen-bond acceptors (Lipinski definition) is 11. The Bertz CT molecular complexity index is 1700. The molecule has 18 nitrogen and oxygen atoms in total. The van der Waals surface area contributed by atoms with Crippen LogP contribution in [0.5, 0.6) is 5.75 Å². The van der Waals surface area contributed by atoms with Crippen molar-refractivity contribution in [2.24, 2.45) is 5.73 Å². The lowest BCUT2D eigenvalue weighted by Crippen LogP contribution is -2.59. The third kappa shape index (κ3) is 12.0. The number of benzene rings is 1. The lowest BCUT2D eigenvalue weighted by atomic mass is 10.0. The number of aromatic nitrogens is 6. The van der Waals surface area contributed by atoms with Gasteiger partial charge in [0.25, 0.3) is 0 Å². The number of amides is 4. The molecule has 272 valence electrons. The van der Waals surface area contributed by atoms with Crippen LogP contribution in [0, 0.1) is 0 Å². The molecule has 5 atom stereocenters. The number of carboxylic acids is 1. The number of aliphatic carboxylic acids is 1. The number of rotatable bonds is 20. The van der Waals surface area contributed by atoms with Crippen molar-refractivity contribution < 1.29 is 34.2 Å². The predicted octanol–water partition coefficient (Wildman–Crippen LogP) is -1.06. The quantitative estimate of drug-likeness (QED) is 0.0522. The van der Waals surface area contributed by atoms with Crippen LogP contribution in [0.3, 0.4) is 0 Å². The highest BCUT2D eigenvalue weighted by atomic mass is 32.2. The van der Waals surface area contributed by atoms with Crippen molar-refractivity contribution in [3.05, 3.63) is 84.5 Å². The number of nitrogens with two attached hydrogens (primary N) is 1. The molecule has 11 N–H and O–H groups in total. The van der Waals surface area contributed by atoms with E-state index in [-0.39, 0.29) is 37.9 Å². The first kappa shape index (κ1) is 38.1. The largest absolute Gasteiger partial charge is 0.508 e. The van der Waals surface area contributed by atoms with Gasteiger partial charge in [0, 0.05) is 61.4 Å². The molecule has 0 saturated carbocycles. The van der Waals surface area contributed by atoms with E-state index in [9.17, 15) is 34.2 Å². The van der Waals surface area contributed by atoms with E-state index in [0.29, 0.717) is 28.4 Å². The van der Waals surface area contributed by atoms with Gasteiger partial charge in [0.15, 0.2) is 0 Å². The molecule has 0 aliphatic carbocycles. The molecule has 0 aliphatic rings. The van der Waals surface area contributed by atoms with E-state index in [4.69, 9.17) is 5.73 Å². The van der Waals surface area contributed by atoms with Gasteiger partial charge in [-0.1, -0.05) is 12.1 Å². The Morgan fingerprint density at radius 2 is 1.14 bits per heavy atom. The number of nitrogens with zero attached hydrogens (tertiary/aromatic N) is 3. The van der Waals surface area contributed by atoms with Gasteiger partial charge in [0.1, 0.15) is 29.9 Å². The van der Waals surface area contributed by atoms with Crippen LogP contribution < -0.4 is 27.0 Å². The molecule has 0 bridgehead atoms. The number of thioether (sulfide) groups is 1. The first-order valence-corrected chi connectivity index (χ1v) is 17.3. The van der Waals surface area contributed by atoms with Gasteiger partial charge >= 0.3 is 5.97 Å². The molecule has 19 heteroatoms. The second-order valence-corrected chi connectivity index (χ2v) is 12.7. The Kier molecular flexibility index (Phi) is 14.1. The molecule has 3 aromatic heterocycles. The van der Waals surface area contributed by atoms with Gasteiger partial charge in [-0.15, -0.1) is 0 Å². The average molecular weight is 724 g/mol. The fourth-order valence-electron chi connectivity index (χ4n) is 5.04. The minimum Gasteiger partial charge on any atom is -0.508 e. The van der Waals surface area contributed by atoms with Gasteiger partial charge in [-0.2, -0.15) is 11.8 Å². The van der Waals surface area contributed by atoms with Crippen LogP contribution in [0.2, 0.25) is 0 Å². The molecule has 3 heterocycles. The van der Waals surface area contributed by atoms with Gasteiger partial charge in [0.2, 0.25) is 23.6 Å². The van der Waals surface area contributed by atoms with Crippen molar-refractivity contribution in [3.8, 4) is 5.75 Å². The van der Waals surface area contributed by atoms with Crippen molar-refractivity contribution in [2.45, 2.75) is 62.3 Å². The highest BCUT2D eigenvalue weighted by Gasteiger charge is 2.32. The summed E-state index contributed by atoms with van der Waals surface area (Å²) < 4.78 is 0. The number of hydrogen-bond donors (Lipinski definition) is 10. The molecule has 5 unspecified atom stereocenters. The highest BCUT2D eigenvalue weighted by molar-refractivity contribution is 7.98. The van der Waals surface area contributed by atoms with Crippen LogP contribution in [-0.4, -0.2) is 112 Å². The first-order chi connectivity index (χ1) is 24.5. The smallest absolute Gasteiger partial charge is 0.326 e. The maximum atomic E-state index is 13.9. The molecule has 4 aromatic rings. The number of carbonyl (C=O) groups excluding carboxylic acids is 4. The molecular formula is C32H41N11O7S. The minimum atomic E-state index is -1.33. The van der Waals surface area contributed by atoms with Crippen LogP contribution in [-0.2, 0) is 49.7 Å². The number of aromatic amines is 3. The maximum Gasteiger partial charge on any atom is 0.326 e. The Balaban J connectivity index is 1.50. The predicted molar refractivity (Wildman–Crippen MR) is 185 cm³/mol. The number of phenolic OH excluding ortho intramolecular Hbond substituents is 1. The molecule has 4 rings (SSSR count). The fourth-order valence-corrected chi connectivity index (χ4v) is 5.52. The fraction of sp³-hybridized carbons (Fsp3) is 0.375. The van der Waals surface area contributed by atoms with Crippen LogP contribution in [0.1, 0.15) is 29.1 Å². The molecule has 1 aromatic carbocycles. The number of H-pyrrole nitrogens is 3. The molecule has 4 amide bonds. The number of phenols is 1. The summed E-state index contributed by atoms with van der Waals surface area (Å²) in [5.74, 6) is -3.62. The minimum absolute atomic E-state index is 0.00939. The molecule has 0 saturated heterocycles. The SMILES string of the molecule is CSCCC(NC(=O)C(Cc1cnc[nH]1)NC(=O)C(Cc1cnc[nH]1)NC(=O)C(N)Cc1cnc[nH]1)C(=O)NC(Cc1ccc(O)cc1)C(=O)O. The van der Waals surface area contributed by atoms with Crippen LogP contribution in [0.15, 0.2) is 61.8 Å². The summed E-state index contributed by atoms with van der Waals surface area (Å²) >= 11 is 1.42. The van der Waals surface area contributed by atoms with Crippen molar-refractivity contribution in [1.82, 2.24) is 51.2 Å². The second kappa shape index (κ2) is 18.9. The van der Waals surface area contributed by atoms with Gasteiger partial charge in [-0.25, -0.2) is 19.7 Å². The molecule has 0 spiro atoms. The van der Waals surface area contributed by atoms with Gasteiger partial charge < -0.3 is 52.2 Å². The van der Waals surface area contributed by atoms with E-state index in [1.807, 2.05) is 6.26 Å². The van der Waals surface area contributed by atoms with Crippen molar-refractivity contribution in [1.29, 1.82) is 0 Å². The molecule has 0 fully saturated rings. The summed E-state index contributed by atoms with van der Waals surface area (Å²) in [6, 6.07) is -0.0465. The second-order valence-electron chi connectivity index (χ2n) is 11.7. The number of nitrogens with one attached hydrogen (secondary N) is 7. The Morgan fingerprint density at radius 1 is 0.686 bits per heavy atom. The van der Waals surface area contributed by atoms with E-state index < -0.39 is 59.8 Å². The summed E-state index contributed by atoms with van der Waals surface area (Å²) in [5, 5.41) is 30.0. The summed E-state index contributed by atoms with van der Waals surface area (Å²) in [6.07, 6.45) is 10.7. The third-order valence-electron chi connectivity index (χ3n) is 7.79. The molecule has 51 heavy (non-hydrogen) atoms. The Hall–Kier alpha value is -5.69. The number of aromatic hydroxyl groups is 1. The number of carbonyl (C=O) groups is 5. The lowest BCUT2D eigenvalue weighted by Gasteiger charge is -2.26. The summed E-state index contributed by atoms with van der Waals surface area (Å²) in [7, 11) is 0. The summed E-state index contributed by atoms with van der Waals surface area (Å²) in [6.45, 7) is 0. The third-order valence-corrected chi connectivity index (χ3v) is 8.43. The molecule has 0 aliphatic heterocycles. The lowest BCUT2D eigenvalue weighted by molar-refractivity contribution is -0.142. The van der Waals surface area contributed by atoms with Crippen molar-refractivity contribution in [2.75, 3.05) is 12.0 Å². The zero-order valence-corrected chi connectivity index (χ0v) is 28.5. The topological polar surface area (TPSA) is 286 Å². The van der Waals surface area contributed by atoms with E-state index in [0.717, 1.165) is 0 Å². The van der Waals surface area contributed by atoms with Gasteiger partial charge in [-0.05, 0) is 36.1 Å². The van der Waals surface area contributed by atoms with Crippen LogP contribution >= 0.6 is 11.8 Å². The zero-order valence-electron chi connectivity index (χ0n) is 27.7. The number of imidazole rings is 3. The summed E-state index contributed by atoms with van der Waals surface area (Å²) in [5.41, 5.74) is 8.33. The highest BCUT2D eigenvalue weighted by Crippen LogP contribution is 2.12. The van der Waals surface area contributed by atoms with Crippen molar-refractivity contribution in [3.63, 3.8) is 0 Å². The monoisotopic (exact) mass is 723 g/mol. The Morgan fingerprint density at radius 3 is 1.61 bits per heavy atom. The molecule has 0 radical (unpaired) electrons. The summed E-state index contributed by atoms with van der Waals surface area (Å²) in [4.78, 5) is 86.9. The standard InChI is InChI=1S/C32H41N11O7S/c1-51-7-6-24(29(46)43-27(32(49)50)8-18-2-4-22(44)5-3-18)40-30(47)26(11-21-14-36-17-39-21)42-31(48)25(10-20-13-35-16-38-20)41-28(45)23(33)9-19-12-34-15-37-19/h2-5,12-17,23-27,44H,6-11,33H2,1H3,(H,34,37)(H,35,38)(H,36,39)(H,40,47)(H,41,45)(H,42,48)(H,43,46)(H,49,50).